The summed E-state index contributed by atoms with van der Waals surface area (Å²) in [6.45, 7) is 1.09. The summed E-state index contributed by atoms with van der Waals surface area (Å²) in [5.41, 5.74) is 1.34. The van der Waals surface area contributed by atoms with Gasteiger partial charge in [-0.3, -0.25) is 4.79 Å². The quantitative estimate of drug-likeness (QED) is 0.689. The average molecular weight is 460 g/mol. The molecule has 0 spiro atoms. The van der Waals surface area contributed by atoms with Crippen LogP contribution in [0.15, 0.2) is 53.5 Å². The molecular weight excluding hydrogens is 426 g/mol. The largest absolute Gasteiger partial charge is 0.376 e. The molecule has 1 aliphatic heterocycles. The van der Waals surface area contributed by atoms with Gasteiger partial charge in [0.05, 0.1) is 25.0 Å². The molecule has 0 amide bonds. The Morgan fingerprint density at radius 3 is 2.47 bits per heavy atom. The second-order valence-electron chi connectivity index (χ2n) is 9.10. The molecule has 2 aliphatic rings. The number of anilines is 1. The SMILES string of the molecule is Cn1ccc(=O)cc1N1CC[C@H](NS(C)(=O)=O)[C@@H]1COC1CCC(c2ccccc2)CC1. The number of aromatic nitrogens is 1. The van der Waals surface area contributed by atoms with Crippen LogP contribution in [0.3, 0.4) is 0 Å². The summed E-state index contributed by atoms with van der Waals surface area (Å²) < 4.78 is 34.9. The molecule has 1 aromatic carbocycles. The summed E-state index contributed by atoms with van der Waals surface area (Å²) in [6, 6.07) is 13.4. The molecule has 4 rings (SSSR count). The molecule has 1 aromatic heterocycles. The van der Waals surface area contributed by atoms with Crippen LogP contribution in [0.5, 0.6) is 0 Å². The highest BCUT2D eigenvalue weighted by Crippen LogP contribution is 2.34. The van der Waals surface area contributed by atoms with Crippen molar-refractivity contribution in [3.05, 3.63) is 64.4 Å². The van der Waals surface area contributed by atoms with Gasteiger partial charge in [0.2, 0.25) is 10.0 Å². The summed E-state index contributed by atoms with van der Waals surface area (Å²) in [5, 5.41) is 0. The minimum atomic E-state index is -3.35. The van der Waals surface area contributed by atoms with E-state index in [1.54, 1.807) is 12.3 Å². The van der Waals surface area contributed by atoms with E-state index in [2.05, 4.69) is 40.0 Å². The third-order valence-electron chi connectivity index (χ3n) is 6.75. The first kappa shape index (κ1) is 23.0. The maximum Gasteiger partial charge on any atom is 0.209 e. The summed E-state index contributed by atoms with van der Waals surface area (Å²) in [6.07, 6.45) is 7.98. The van der Waals surface area contributed by atoms with E-state index in [1.807, 2.05) is 11.6 Å². The summed E-state index contributed by atoms with van der Waals surface area (Å²) in [5.74, 6) is 1.37. The number of pyridine rings is 1. The predicted molar refractivity (Wildman–Crippen MR) is 127 cm³/mol. The zero-order chi connectivity index (χ0) is 22.7. The van der Waals surface area contributed by atoms with Crippen molar-refractivity contribution in [2.75, 3.05) is 24.3 Å². The van der Waals surface area contributed by atoms with E-state index in [0.717, 1.165) is 31.5 Å². The van der Waals surface area contributed by atoms with Crippen LogP contribution in [-0.4, -0.2) is 50.6 Å². The highest BCUT2D eigenvalue weighted by molar-refractivity contribution is 7.88. The van der Waals surface area contributed by atoms with Crippen LogP contribution >= 0.6 is 0 Å². The number of nitrogens with one attached hydrogen (secondary N) is 1. The number of aryl methyl sites for hydroxylation is 1. The highest BCUT2D eigenvalue weighted by Gasteiger charge is 2.37. The fraction of sp³-hybridized carbons (Fsp3) is 0.542. The number of ether oxygens (including phenoxy) is 1. The molecule has 1 saturated heterocycles. The van der Waals surface area contributed by atoms with Crippen LogP contribution in [0, 0.1) is 0 Å². The minimum absolute atomic E-state index is 0.0588. The number of benzene rings is 1. The van der Waals surface area contributed by atoms with Crippen molar-refractivity contribution < 1.29 is 13.2 Å². The second-order valence-corrected chi connectivity index (χ2v) is 10.9. The molecule has 2 fully saturated rings. The Bertz CT molecular complexity index is 1060. The van der Waals surface area contributed by atoms with Crippen LogP contribution in [-0.2, 0) is 21.8 Å². The van der Waals surface area contributed by atoms with Crippen LogP contribution in [0.25, 0.3) is 0 Å². The van der Waals surface area contributed by atoms with Crippen molar-refractivity contribution in [1.82, 2.24) is 9.29 Å². The molecule has 2 aromatic rings. The molecule has 174 valence electrons. The van der Waals surface area contributed by atoms with Gasteiger partial charge in [0.1, 0.15) is 5.82 Å². The number of hydrogen-bond donors (Lipinski definition) is 1. The summed E-state index contributed by atoms with van der Waals surface area (Å²) in [4.78, 5) is 14.1. The standard InChI is InChI=1S/C24H33N3O4S/c1-26-14-12-20(28)16-24(26)27-15-13-22(25-32(2,29)30)23(27)17-31-21-10-8-19(9-11-21)18-6-4-3-5-7-18/h3-7,12,14,16,19,21-23,25H,8-11,13,15,17H2,1-2H3/t19?,21?,22-,23-/m0/s1. The molecule has 1 aliphatic carbocycles. The molecule has 2 heterocycles. The van der Waals surface area contributed by atoms with Crippen LogP contribution in [0.4, 0.5) is 5.82 Å². The lowest BCUT2D eigenvalue weighted by atomic mass is 9.83. The zero-order valence-corrected chi connectivity index (χ0v) is 19.6. The molecule has 32 heavy (non-hydrogen) atoms. The molecule has 2 atom stereocenters. The highest BCUT2D eigenvalue weighted by atomic mass is 32.2. The first-order valence-electron chi connectivity index (χ1n) is 11.4. The third kappa shape index (κ3) is 5.60. The Hall–Kier alpha value is -2.16. The van der Waals surface area contributed by atoms with Gasteiger partial charge in [0, 0.05) is 38.0 Å². The van der Waals surface area contributed by atoms with Gasteiger partial charge >= 0.3 is 0 Å². The molecule has 0 bridgehead atoms. The smallest absolute Gasteiger partial charge is 0.209 e. The Morgan fingerprint density at radius 1 is 1.06 bits per heavy atom. The van der Waals surface area contributed by atoms with E-state index in [9.17, 15) is 13.2 Å². The maximum absolute atomic E-state index is 12.0. The molecule has 0 unspecified atom stereocenters. The normalized spacial score (nSPS) is 26.4. The molecule has 8 heteroatoms. The topological polar surface area (TPSA) is 80.6 Å². The van der Waals surface area contributed by atoms with Crippen LogP contribution in [0.2, 0.25) is 0 Å². The van der Waals surface area contributed by atoms with E-state index in [0.29, 0.717) is 25.5 Å². The van der Waals surface area contributed by atoms with Crippen molar-refractivity contribution in [3.8, 4) is 0 Å². The van der Waals surface area contributed by atoms with Gasteiger partial charge in [0.25, 0.3) is 0 Å². The number of rotatable bonds is 7. The minimum Gasteiger partial charge on any atom is -0.376 e. The summed E-state index contributed by atoms with van der Waals surface area (Å²) >= 11 is 0. The van der Waals surface area contributed by atoms with Crippen molar-refractivity contribution in [1.29, 1.82) is 0 Å². The fourth-order valence-electron chi connectivity index (χ4n) is 5.10. The van der Waals surface area contributed by atoms with Crippen LogP contribution in [0.1, 0.15) is 43.6 Å². The monoisotopic (exact) mass is 459 g/mol. The molecule has 1 N–H and O–H groups in total. The average Bonchev–Trinajstić information content (AvgIpc) is 3.15. The van der Waals surface area contributed by atoms with Crippen LogP contribution < -0.4 is 15.1 Å². The van der Waals surface area contributed by atoms with E-state index in [1.165, 1.54) is 17.9 Å². The van der Waals surface area contributed by atoms with E-state index < -0.39 is 10.0 Å². The van der Waals surface area contributed by atoms with Crippen molar-refractivity contribution in [2.24, 2.45) is 7.05 Å². The predicted octanol–water partition coefficient (Wildman–Crippen LogP) is 2.62. The van der Waals surface area contributed by atoms with Crippen molar-refractivity contribution in [2.45, 2.75) is 56.2 Å². The molecule has 0 radical (unpaired) electrons. The van der Waals surface area contributed by atoms with E-state index >= 15 is 0 Å². The lowest BCUT2D eigenvalue weighted by Crippen LogP contribution is -2.48. The Morgan fingerprint density at radius 2 is 1.78 bits per heavy atom. The zero-order valence-electron chi connectivity index (χ0n) is 18.8. The molecule has 7 nitrogen and oxygen atoms in total. The Kier molecular flexibility index (Phi) is 7.02. The van der Waals surface area contributed by atoms with Gasteiger partial charge in [-0.15, -0.1) is 0 Å². The maximum atomic E-state index is 12.0. The Labute approximate surface area is 190 Å². The van der Waals surface area contributed by atoms with Gasteiger partial charge in [-0.2, -0.15) is 0 Å². The lowest BCUT2D eigenvalue weighted by molar-refractivity contribution is 0.0156. The van der Waals surface area contributed by atoms with E-state index in [4.69, 9.17) is 4.74 Å². The summed E-state index contributed by atoms with van der Waals surface area (Å²) in [7, 11) is -1.45. The lowest BCUT2D eigenvalue weighted by Gasteiger charge is -2.34. The third-order valence-corrected chi connectivity index (χ3v) is 7.48. The number of sulfonamides is 1. The fourth-order valence-corrected chi connectivity index (χ4v) is 5.93. The Balaban J connectivity index is 1.43. The van der Waals surface area contributed by atoms with Gasteiger partial charge < -0.3 is 14.2 Å². The van der Waals surface area contributed by atoms with E-state index in [-0.39, 0.29) is 23.6 Å². The van der Waals surface area contributed by atoms with Gasteiger partial charge in [0.15, 0.2) is 5.43 Å². The first-order valence-corrected chi connectivity index (χ1v) is 13.3. The van der Waals surface area contributed by atoms with Gasteiger partial charge in [-0.1, -0.05) is 30.3 Å². The van der Waals surface area contributed by atoms with Crippen molar-refractivity contribution >= 4 is 15.8 Å². The van der Waals surface area contributed by atoms with Gasteiger partial charge in [-0.05, 0) is 43.6 Å². The molecular formula is C24H33N3O4S. The van der Waals surface area contributed by atoms with Crippen molar-refractivity contribution in [3.63, 3.8) is 0 Å². The molecule has 1 saturated carbocycles. The number of hydrogen-bond acceptors (Lipinski definition) is 5. The number of nitrogens with zero attached hydrogens (tertiary/aromatic N) is 2. The second kappa shape index (κ2) is 9.77. The first-order chi connectivity index (χ1) is 15.3. The van der Waals surface area contributed by atoms with Gasteiger partial charge in [-0.25, -0.2) is 13.1 Å².